The molecular weight excluding hydrogens is 258 g/mol. The van der Waals surface area contributed by atoms with Gasteiger partial charge in [0.25, 0.3) is 0 Å². The van der Waals surface area contributed by atoms with Gasteiger partial charge in [0.1, 0.15) is 11.4 Å². The Kier molecular flexibility index (Phi) is 4.19. The summed E-state index contributed by atoms with van der Waals surface area (Å²) in [5.74, 6) is -0.0132. The number of nitrogens with zero attached hydrogens (tertiary/aromatic N) is 3. The molecule has 7 nitrogen and oxygen atoms in total. The van der Waals surface area contributed by atoms with Crippen LogP contribution in [0.25, 0.3) is 0 Å². The molecule has 2 aromatic heterocycles. The Bertz CT molecular complexity index is 582. The molecule has 0 spiro atoms. The number of imidazole rings is 1. The average Bonchev–Trinajstić information content (AvgIpc) is 2.92. The predicted molar refractivity (Wildman–Crippen MR) is 75.3 cm³/mol. The van der Waals surface area contributed by atoms with Gasteiger partial charge in [-0.3, -0.25) is 0 Å². The maximum Gasteiger partial charge on any atom is 0.341 e. The molecule has 0 aliphatic rings. The fraction of sp³-hybridized carbons (Fsp3) is 0.308. The average molecular weight is 275 g/mol. The van der Waals surface area contributed by atoms with Crippen LogP contribution in [0.1, 0.15) is 17.3 Å². The maximum absolute atomic E-state index is 11.7. The van der Waals surface area contributed by atoms with Gasteiger partial charge in [-0.05, 0) is 13.0 Å². The van der Waals surface area contributed by atoms with E-state index in [4.69, 9.17) is 10.5 Å². The number of nitrogens with one attached hydrogen (secondary N) is 1. The van der Waals surface area contributed by atoms with Crippen LogP contribution in [-0.4, -0.2) is 33.7 Å². The topological polar surface area (TPSA) is 95.1 Å². The number of hydrogen-bond acceptors (Lipinski definition) is 6. The van der Waals surface area contributed by atoms with Crippen LogP contribution in [0.15, 0.2) is 31.0 Å². The number of hydrogen-bond donors (Lipinski definition) is 2. The molecule has 0 saturated heterocycles. The van der Waals surface area contributed by atoms with Crippen molar-refractivity contribution in [3.8, 4) is 0 Å². The van der Waals surface area contributed by atoms with E-state index < -0.39 is 5.97 Å². The Morgan fingerprint density at radius 2 is 2.40 bits per heavy atom. The van der Waals surface area contributed by atoms with Crippen molar-refractivity contribution >= 4 is 17.5 Å². The molecular formula is C13H17N5O2. The lowest BCUT2D eigenvalue weighted by atomic mass is 10.2. The number of esters is 1. The van der Waals surface area contributed by atoms with Crippen molar-refractivity contribution < 1.29 is 9.53 Å². The van der Waals surface area contributed by atoms with Gasteiger partial charge in [-0.15, -0.1) is 0 Å². The molecule has 0 amide bonds. The third-order valence-electron chi connectivity index (χ3n) is 2.74. The molecule has 0 aromatic carbocycles. The van der Waals surface area contributed by atoms with E-state index >= 15 is 0 Å². The van der Waals surface area contributed by atoms with E-state index in [1.807, 2.05) is 17.7 Å². The van der Waals surface area contributed by atoms with E-state index in [-0.39, 0.29) is 6.04 Å². The van der Waals surface area contributed by atoms with Crippen LogP contribution in [0.3, 0.4) is 0 Å². The zero-order valence-electron chi connectivity index (χ0n) is 11.4. The molecule has 0 aliphatic carbocycles. The van der Waals surface area contributed by atoms with Crippen LogP contribution >= 0.6 is 0 Å². The largest absolute Gasteiger partial charge is 0.465 e. The Morgan fingerprint density at radius 3 is 3.05 bits per heavy atom. The van der Waals surface area contributed by atoms with Crippen LogP contribution in [0.4, 0.5) is 11.5 Å². The Labute approximate surface area is 116 Å². The van der Waals surface area contributed by atoms with Gasteiger partial charge in [-0.25, -0.2) is 14.8 Å². The molecule has 0 bridgehead atoms. The highest BCUT2D eigenvalue weighted by Gasteiger charge is 2.15. The summed E-state index contributed by atoms with van der Waals surface area (Å²) in [5, 5.41) is 3.18. The number of methoxy groups -OCH3 is 1. The van der Waals surface area contributed by atoms with Gasteiger partial charge in [0.15, 0.2) is 0 Å². The monoisotopic (exact) mass is 275 g/mol. The summed E-state index contributed by atoms with van der Waals surface area (Å²) in [6.45, 7) is 2.69. The second-order valence-electron chi connectivity index (χ2n) is 4.46. The molecule has 3 N–H and O–H groups in total. The van der Waals surface area contributed by atoms with Crippen LogP contribution in [0.5, 0.6) is 0 Å². The van der Waals surface area contributed by atoms with Crippen molar-refractivity contribution in [3.05, 3.63) is 36.5 Å². The SMILES string of the molecule is COC(=O)c1cc(N)cnc1NC(C)Cn1ccnc1. The summed E-state index contributed by atoms with van der Waals surface area (Å²) in [5.41, 5.74) is 6.39. The lowest BCUT2D eigenvalue weighted by molar-refractivity contribution is 0.0601. The quantitative estimate of drug-likeness (QED) is 0.795. The zero-order chi connectivity index (χ0) is 14.5. The fourth-order valence-corrected chi connectivity index (χ4v) is 1.85. The first kappa shape index (κ1) is 13.9. The van der Waals surface area contributed by atoms with Gasteiger partial charge in [-0.2, -0.15) is 0 Å². The van der Waals surface area contributed by atoms with Crippen LogP contribution in [0, 0.1) is 0 Å². The molecule has 2 rings (SSSR count). The Hall–Kier alpha value is -2.57. The third kappa shape index (κ3) is 3.25. The van der Waals surface area contributed by atoms with Crippen LogP contribution in [0.2, 0.25) is 0 Å². The molecule has 0 radical (unpaired) electrons. The molecule has 0 aliphatic heterocycles. The van der Waals surface area contributed by atoms with Crippen LogP contribution in [-0.2, 0) is 11.3 Å². The highest BCUT2D eigenvalue weighted by molar-refractivity contribution is 5.95. The highest BCUT2D eigenvalue weighted by atomic mass is 16.5. The van der Waals surface area contributed by atoms with Crippen molar-refractivity contribution in [2.45, 2.75) is 19.5 Å². The maximum atomic E-state index is 11.7. The van der Waals surface area contributed by atoms with Crippen molar-refractivity contribution in [2.24, 2.45) is 0 Å². The lowest BCUT2D eigenvalue weighted by Crippen LogP contribution is -2.23. The molecule has 0 fully saturated rings. The van der Waals surface area contributed by atoms with Gasteiger partial charge in [0.05, 0.1) is 25.3 Å². The molecule has 1 unspecified atom stereocenters. The number of aromatic nitrogens is 3. The fourth-order valence-electron chi connectivity index (χ4n) is 1.85. The Balaban J connectivity index is 2.14. The Morgan fingerprint density at radius 1 is 1.60 bits per heavy atom. The number of anilines is 2. The first-order valence-corrected chi connectivity index (χ1v) is 6.16. The molecule has 0 saturated carbocycles. The van der Waals surface area contributed by atoms with E-state index in [1.165, 1.54) is 13.3 Å². The normalized spacial score (nSPS) is 11.9. The second-order valence-corrected chi connectivity index (χ2v) is 4.46. The van der Waals surface area contributed by atoms with Gasteiger partial charge < -0.3 is 20.4 Å². The smallest absolute Gasteiger partial charge is 0.341 e. The molecule has 20 heavy (non-hydrogen) atoms. The first-order valence-electron chi connectivity index (χ1n) is 6.16. The van der Waals surface area contributed by atoms with Crippen LogP contribution < -0.4 is 11.1 Å². The van der Waals surface area contributed by atoms with Gasteiger partial charge in [0, 0.05) is 25.0 Å². The summed E-state index contributed by atoms with van der Waals surface area (Å²) >= 11 is 0. The highest BCUT2D eigenvalue weighted by Crippen LogP contribution is 2.17. The summed E-state index contributed by atoms with van der Waals surface area (Å²) in [6, 6.07) is 1.61. The predicted octanol–water partition coefficient (Wildman–Crippen LogP) is 1.15. The summed E-state index contributed by atoms with van der Waals surface area (Å²) < 4.78 is 6.67. The van der Waals surface area contributed by atoms with Crippen molar-refractivity contribution in [2.75, 3.05) is 18.2 Å². The number of carbonyl (C=O) groups is 1. The molecule has 2 aromatic rings. The van der Waals surface area contributed by atoms with Crippen molar-refractivity contribution in [1.82, 2.24) is 14.5 Å². The molecule has 2 heterocycles. The molecule has 1 atom stereocenters. The van der Waals surface area contributed by atoms with Gasteiger partial charge >= 0.3 is 5.97 Å². The van der Waals surface area contributed by atoms with Gasteiger partial charge in [0.2, 0.25) is 0 Å². The minimum absolute atomic E-state index is 0.0590. The number of ether oxygens (including phenoxy) is 1. The lowest BCUT2D eigenvalue weighted by Gasteiger charge is -2.17. The minimum Gasteiger partial charge on any atom is -0.465 e. The van der Waals surface area contributed by atoms with E-state index in [0.717, 1.165) is 0 Å². The van der Waals surface area contributed by atoms with E-state index in [1.54, 1.807) is 18.6 Å². The van der Waals surface area contributed by atoms with E-state index in [0.29, 0.717) is 23.6 Å². The van der Waals surface area contributed by atoms with Gasteiger partial charge in [-0.1, -0.05) is 0 Å². The summed E-state index contributed by atoms with van der Waals surface area (Å²) in [7, 11) is 1.32. The number of nitrogens with two attached hydrogens (primary N) is 1. The number of rotatable bonds is 5. The number of carbonyl (C=O) groups excluding carboxylic acids is 1. The first-order chi connectivity index (χ1) is 9.60. The van der Waals surface area contributed by atoms with E-state index in [2.05, 4.69) is 15.3 Å². The van der Waals surface area contributed by atoms with E-state index in [9.17, 15) is 4.79 Å². The minimum atomic E-state index is -0.470. The second kappa shape index (κ2) is 6.05. The van der Waals surface area contributed by atoms with Crippen molar-refractivity contribution in [1.29, 1.82) is 0 Å². The van der Waals surface area contributed by atoms with Crippen molar-refractivity contribution in [3.63, 3.8) is 0 Å². The standard InChI is InChI=1S/C13H17N5O2/c1-9(7-18-4-3-15-8-18)17-12-11(13(19)20-2)5-10(14)6-16-12/h3-6,8-9H,7,14H2,1-2H3,(H,16,17). The molecule has 7 heteroatoms. The third-order valence-corrected chi connectivity index (χ3v) is 2.74. The molecule has 106 valence electrons. The number of nitrogen functional groups attached to an aromatic ring is 1. The number of pyridine rings is 1. The summed E-state index contributed by atoms with van der Waals surface area (Å²) in [4.78, 5) is 19.8. The summed E-state index contributed by atoms with van der Waals surface area (Å²) in [6.07, 6.45) is 6.82. The zero-order valence-corrected chi connectivity index (χ0v) is 11.4.